The molecule has 0 radical (unpaired) electrons. The van der Waals surface area contributed by atoms with Gasteiger partial charge in [0.25, 0.3) is 0 Å². The van der Waals surface area contributed by atoms with E-state index in [1.165, 1.54) is 6.20 Å². The lowest BCUT2D eigenvalue weighted by molar-refractivity contribution is 0.0977. The molecule has 0 aliphatic heterocycles. The third-order valence-corrected chi connectivity index (χ3v) is 2.56. The fourth-order valence-corrected chi connectivity index (χ4v) is 1.35. The van der Waals surface area contributed by atoms with Crippen molar-refractivity contribution in [2.45, 2.75) is 46.2 Å². The number of carbonyl (C=O) groups excluding carboxylic acids is 1. The van der Waals surface area contributed by atoms with E-state index in [9.17, 15) is 4.79 Å². The van der Waals surface area contributed by atoms with Crippen LogP contribution >= 0.6 is 0 Å². The van der Waals surface area contributed by atoms with Gasteiger partial charge in [0.1, 0.15) is 5.69 Å². The van der Waals surface area contributed by atoms with Crippen molar-refractivity contribution in [1.29, 1.82) is 0 Å². The number of aromatic nitrogens is 3. The zero-order valence-corrected chi connectivity index (χ0v) is 10.2. The molecule has 90 valence electrons. The van der Waals surface area contributed by atoms with Gasteiger partial charge in [0.2, 0.25) is 0 Å². The van der Waals surface area contributed by atoms with E-state index in [4.69, 9.17) is 0 Å². The predicted molar refractivity (Wildman–Crippen MR) is 62.4 cm³/mol. The van der Waals surface area contributed by atoms with E-state index in [0.29, 0.717) is 18.3 Å². The normalized spacial score (nSPS) is 12.7. The summed E-state index contributed by atoms with van der Waals surface area (Å²) >= 11 is 0. The van der Waals surface area contributed by atoms with Crippen LogP contribution < -0.4 is 5.32 Å². The maximum Gasteiger partial charge on any atom is 0.196 e. The first-order valence-corrected chi connectivity index (χ1v) is 5.84. The summed E-state index contributed by atoms with van der Waals surface area (Å²) in [5, 5.41) is 10.8. The van der Waals surface area contributed by atoms with Crippen molar-refractivity contribution in [2.75, 3.05) is 6.54 Å². The van der Waals surface area contributed by atoms with E-state index in [2.05, 4.69) is 29.5 Å². The van der Waals surface area contributed by atoms with Gasteiger partial charge in [0.05, 0.1) is 12.7 Å². The highest BCUT2D eigenvalue weighted by Crippen LogP contribution is 1.99. The van der Waals surface area contributed by atoms with Gasteiger partial charge in [-0.2, -0.15) is 0 Å². The zero-order chi connectivity index (χ0) is 12.0. The molecule has 1 rings (SSSR count). The molecule has 1 N–H and O–H groups in total. The number of nitrogens with one attached hydrogen (secondary N) is 1. The average molecular weight is 224 g/mol. The van der Waals surface area contributed by atoms with Crippen LogP contribution in [-0.4, -0.2) is 33.4 Å². The van der Waals surface area contributed by atoms with Gasteiger partial charge in [-0.15, -0.1) is 5.10 Å². The maximum atomic E-state index is 11.9. The van der Waals surface area contributed by atoms with Crippen LogP contribution in [0.15, 0.2) is 6.20 Å². The van der Waals surface area contributed by atoms with Crippen molar-refractivity contribution in [3.05, 3.63) is 11.9 Å². The highest BCUT2D eigenvalue weighted by Gasteiger charge is 2.12. The summed E-state index contributed by atoms with van der Waals surface area (Å²) in [6.45, 7) is 7.30. The summed E-state index contributed by atoms with van der Waals surface area (Å²) in [6.07, 6.45) is 3.50. The summed E-state index contributed by atoms with van der Waals surface area (Å²) in [6, 6.07) is 0.361. The molecule has 0 aromatic carbocycles. The molecule has 0 aliphatic rings. The molecule has 1 heterocycles. The Morgan fingerprint density at radius 2 is 2.31 bits per heavy atom. The number of aryl methyl sites for hydroxylation is 1. The van der Waals surface area contributed by atoms with E-state index >= 15 is 0 Å². The number of carbonyl (C=O) groups is 1. The Kier molecular flexibility index (Phi) is 5.11. The van der Waals surface area contributed by atoms with Gasteiger partial charge in [-0.25, -0.2) is 4.68 Å². The van der Waals surface area contributed by atoms with Gasteiger partial charge in [-0.05, 0) is 19.8 Å². The van der Waals surface area contributed by atoms with Crippen LogP contribution in [0.3, 0.4) is 0 Å². The lowest BCUT2D eigenvalue weighted by Crippen LogP contribution is -2.31. The van der Waals surface area contributed by atoms with Crippen LogP contribution in [0.25, 0.3) is 0 Å². The van der Waals surface area contributed by atoms with Gasteiger partial charge >= 0.3 is 0 Å². The highest BCUT2D eigenvalue weighted by atomic mass is 16.1. The minimum atomic E-state index is 0.0544. The quantitative estimate of drug-likeness (QED) is 0.708. The second-order valence-electron chi connectivity index (χ2n) is 3.96. The third kappa shape index (κ3) is 3.41. The zero-order valence-electron chi connectivity index (χ0n) is 10.2. The van der Waals surface area contributed by atoms with Crippen molar-refractivity contribution < 1.29 is 4.79 Å². The van der Waals surface area contributed by atoms with Gasteiger partial charge in [0, 0.05) is 12.6 Å². The molecule has 5 nitrogen and oxygen atoms in total. The molecule has 0 saturated carbocycles. The second kappa shape index (κ2) is 6.37. The predicted octanol–water partition coefficient (Wildman–Crippen LogP) is 1.26. The third-order valence-electron chi connectivity index (χ3n) is 2.56. The number of rotatable bonds is 7. The molecule has 0 fully saturated rings. The number of nitrogens with zero attached hydrogens (tertiary/aromatic N) is 3. The second-order valence-corrected chi connectivity index (χ2v) is 3.96. The molecule has 0 aliphatic carbocycles. The van der Waals surface area contributed by atoms with E-state index < -0.39 is 0 Å². The Bertz CT molecular complexity index is 334. The standard InChI is InChI=1S/C11H20N4O/c1-4-6-15-10(7-13-14-15)11(16)8-12-9(3)5-2/h7,9,12H,4-6,8H2,1-3H3. The largest absolute Gasteiger partial charge is 0.307 e. The number of hydrogen-bond donors (Lipinski definition) is 1. The molecule has 0 amide bonds. The lowest BCUT2D eigenvalue weighted by atomic mass is 10.2. The number of ketones is 1. The van der Waals surface area contributed by atoms with Crippen molar-refractivity contribution >= 4 is 5.78 Å². The minimum absolute atomic E-state index is 0.0544. The minimum Gasteiger partial charge on any atom is -0.307 e. The van der Waals surface area contributed by atoms with Gasteiger partial charge in [-0.1, -0.05) is 19.1 Å². The Balaban J connectivity index is 2.55. The number of Topliss-reactive ketones (excluding diaryl/α,β-unsaturated/α-hetero) is 1. The summed E-state index contributed by atoms with van der Waals surface area (Å²) in [7, 11) is 0. The first-order valence-electron chi connectivity index (χ1n) is 5.84. The number of hydrogen-bond acceptors (Lipinski definition) is 4. The van der Waals surface area contributed by atoms with Crippen molar-refractivity contribution in [3.63, 3.8) is 0 Å². The van der Waals surface area contributed by atoms with E-state index in [1.54, 1.807) is 4.68 Å². The maximum absolute atomic E-state index is 11.9. The average Bonchev–Trinajstić information content (AvgIpc) is 2.74. The molecule has 1 aromatic rings. The summed E-state index contributed by atoms with van der Waals surface area (Å²) < 4.78 is 1.67. The Morgan fingerprint density at radius 3 is 2.94 bits per heavy atom. The van der Waals surface area contributed by atoms with Crippen molar-refractivity contribution in [2.24, 2.45) is 0 Å². The molecular formula is C11H20N4O. The Hall–Kier alpha value is -1.23. The van der Waals surface area contributed by atoms with Crippen molar-refractivity contribution in [3.8, 4) is 0 Å². The molecule has 1 aromatic heterocycles. The molecule has 1 unspecified atom stereocenters. The SMILES string of the molecule is CCCn1nncc1C(=O)CNC(C)CC. The van der Waals surface area contributed by atoms with Crippen LogP contribution in [0, 0.1) is 0 Å². The summed E-state index contributed by atoms with van der Waals surface area (Å²) in [5.41, 5.74) is 0.595. The monoisotopic (exact) mass is 224 g/mol. The highest BCUT2D eigenvalue weighted by molar-refractivity contribution is 5.95. The fourth-order valence-electron chi connectivity index (χ4n) is 1.35. The van der Waals surface area contributed by atoms with Gasteiger partial charge in [-0.3, -0.25) is 4.79 Å². The van der Waals surface area contributed by atoms with E-state index in [0.717, 1.165) is 19.4 Å². The van der Waals surface area contributed by atoms with Crippen LogP contribution in [0.5, 0.6) is 0 Å². The van der Waals surface area contributed by atoms with E-state index in [1.807, 2.05) is 6.92 Å². The summed E-state index contributed by atoms with van der Waals surface area (Å²) in [5.74, 6) is 0.0544. The first kappa shape index (κ1) is 12.8. The first-order chi connectivity index (χ1) is 7.69. The molecular weight excluding hydrogens is 204 g/mol. The lowest BCUT2D eigenvalue weighted by Gasteiger charge is -2.10. The van der Waals surface area contributed by atoms with Crippen LogP contribution in [-0.2, 0) is 6.54 Å². The smallest absolute Gasteiger partial charge is 0.196 e. The molecule has 1 atom stereocenters. The molecule has 0 spiro atoms. The molecule has 16 heavy (non-hydrogen) atoms. The molecule has 0 saturated heterocycles. The van der Waals surface area contributed by atoms with Crippen LogP contribution in [0.1, 0.15) is 44.1 Å². The van der Waals surface area contributed by atoms with Gasteiger partial charge < -0.3 is 5.32 Å². The van der Waals surface area contributed by atoms with Crippen LogP contribution in [0.4, 0.5) is 0 Å². The summed E-state index contributed by atoms with van der Waals surface area (Å²) in [4.78, 5) is 11.9. The fraction of sp³-hybridized carbons (Fsp3) is 0.727. The van der Waals surface area contributed by atoms with Gasteiger partial charge in [0.15, 0.2) is 5.78 Å². The van der Waals surface area contributed by atoms with E-state index in [-0.39, 0.29) is 5.78 Å². The molecule has 0 bridgehead atoms. The Labute approximate surface area is 96.2 Å². The topological polar surface area (TPSA) is 59.8 Å². The van der Waals surface area contributed by atoms with Crippen LogP contribution in [0.2, 0.25) is 0 Å². The molecule has 5 heteroatoms. The Morgan fingerprint density at radius 1 is 1.56 bits per heavy atom. The van der Waals surface area contributed by atoms with Crippen molar-refractivity contribution in [1.82, 2.24) is 20.3 Å².